The summed E-state index contributed by atoms with van der Waals surface area (Å²) in [4.78, 5) is 40.8. The first-order valence-electron chi connectivity index (χ1n) is 7.53. The summed E-state index contributed by atoms with van der Waals surface area (Å²) >= 11 is 2.51. The van der Waals surface area contributed by atoms with Crippen molar-refractivity contribution in [2.24, 2.45) is 0 Å². The Bertz CT molecular complexity index is 805. The van der Waals surface area contributed by atoms with E-state index in [2.05, 4.69) is 10.3 Å². The highest BCUT2D eigenvalue weighted by Crippen LogP contribution is 2.19. The van der Waals surface area contributed by atoms with Crippen molar-refractivity contribution in [1.82, 2.24) is 19.8 Å². The van der Waals surface area contributed by atoms with Crippen molar-refractivity contribution in [2.45, 2.75) is 5.16 Å². The molecule has 3 amide bonds. The molecule has 3 rings (SSSR count). The highest BCUT2D eigenvalue weighted by molar-refractivity contribution is 8.14. The maximum atomic E-state index is 12.3. The minimum absolute atomic E-state index is 0.178. The highest BCUT2D eigenvalue weighted by Gasteiger charge is 2.29. The van der Waals surface area contributed by atoms with Gasteiger partial charge >= 0.3 is 0 Å². The van der Waals surface area contributed by atoms with E-state index < -0.39 is 0 Å². The van der Waals surface area contributed by atoms with E-state index in [4.69, 9.17) is 0 Å². The molecule has 0 atom stereocenters. The molecule has 0 unspecified atom stereocenters. The predicted octanol–water partition coefficient (Wildman–Crippen LogP) is 2.02. The van der Waals surface area contributed by atoms with E-state index in [9.17, 15) is 14.4 Å². The topological polar surface area (TPSA) is 84.3 Å². The first-order valence-corrected chi connectivity index (χ1v) is 9.74. The number of carbonyl (C=O) groups is 3. The zero-order valence-electron chi connectivity index (χ0n) is 13.5. The fraction of sp³-hybridized carbons (Fsp3) is 0.250. The minimum atomic E-state index is -0.258. The van der Waals surface area contributed by atoms with Crippen LogP contribution in [0.5, 0.6) is 0 Å². The lowest BCUT2D eigenvalue weighted by molar-refractivity contribution is -0.124. The second kappa shape index (κ2) is 7.75. The zero-order chi connectivity index (χ0) is 17.8. The quantitative estimate of drug-likeness (QED) is 0.777. The van der Waals surface area contributed by atoms with Gasteiger partial charge in [0.15, 0.2) is 5.16 Å². The van der Waals surface area contributed by atoms with Crippen LogP contribution in [0.3, 0.4) is 0 Å². The van der Waals surface area contributed by atoms with Gasteiger partial charge in [0.25, 0.3) is 11.1 Å². The van der Waals surface area contributed by atoms with Crippen LogP contribution in [-0.4, -0.2) is 56.6 Å². The van der Waals surface area contributed by atoms with E-state index in [1.54, 1.807) is 24.4 Å². The molecule has 0 spiro atoms. The Morgan fingerprint density at radius 3 is 2.96 bits per heavy atom. The molecule has 7 nitrogen and oxygen atoms in total. The number of imidazole rings is 1. The van der Waals surface area contributed by atoms with Crippen molar-refractivity contribution < 1.29 is 14.4 Å². The van der Waals surface area contributed by atoms with Crippen LogP contribution < -0.4 is 5.32 Å². The van der Waals surface area contributed by atoms with Crippen LogP contribution in [0, 0.1) is 0 Å². The van der Waals surface area contributed by atoms with E-state index in [0.717, 1.165) is 27.5 Å². The molecule has 0 bridgehead atoms. The maximum absolute atomic E-state index is 12.3. The molecule has 1 aliphatic rings. The summed E-state index contributed by atoms with van der Waals surface area (Å²) in [5, 5.41) is 3.32. The Kier molecular flexibility index (Phi) is 5.44. The van der Waals surface area contributed by atoms with Crippen LogP contribution in [0.25, 0.3) is 5.69 Å². The summed E-state index contributed by atoms with van der Waals surface area (Å²) in [6.45, 7) is 0.413. The molecule has 130 valence electrons. The standard InChI is InChI=1S/C16H16N4O3S2/c1-24-15-18-6-7-19(15)12-4-2-3-11(9-12)14(22)17-5-8-20-13(21)10-25-16(20)23/h2-4,6-7,9H,5,8,10H2,1H3,(H,17,22). The van der Waals surface area contributed by atoms with Gasteiger partial charge in [-0.15, -0.1) is 0 Å². The molecule has 0 aliphatic carbocycles. The maximum Gasteiger partial charge on any atom is 0.288 e. The summed E-state index contributed by atoms with van der Waals surface area (Å²) in [6.07, 6.45) is 5.49. The highest BCUT2D eigenvalue weighted by atomic mass is 32.2. The van der Waals surface area contributed by atoms with Gasteiger partial charge in [-0.3, -0.25) is 23.9 Å². The molecule has 25 heavy (non-hydrogen) atoms. The number of rotatable bonds is 6. The summed E-state index contributed by atoms with van der Waals surface area (Å²) < 4.78 is 1.90. The second-order valence-electron chi connectivity index (χ2n) is 5.19. The number of hydrogen-bond acceptors (Lipinski definition) is 6. The molecule has 9 heteroatoms. The Labute approximate surface area is 153 Å². The Morgan fingerprint density at radius 2 is 2.24 bits per heavy atom. The second-order valence-corrected chi connectivity index (χ2v) is 6.89. The lowest BCUT2D eigenvalue weighted by Gasteiger charge is -2.13. The monoisotopic (exact) mass is 376 g/mol. The van der Waals surface area contributed by atoms with Crippen LogP contribution in [0.4, 0.5) is 4.79 Å². The Hall–Kier alpha value is -2.26. The van der Waals surface area contributed by atoms with Gasteiger partial charge in [-0.2, -0.15) is 0 Å². The van der Waals surface area contributed by atoms with Crippen LogP contribution in [-0.2, 0) is 4.79 Å². The first kappa shape index (κ1) is 17.6. The van der Waals surface area contributed by atoms with Crippen molar-refractivity contribution in [2.75, 3.05) is 25.1 Å². The fourth-order valence-corrected chi connectivity index (χ4v) is 3.70. The van der Waals surface area contributed by atoms with E-state index in [1.165, 1.54) is 11.8 Å². The fourth-order valence-electron chi connectivity index (χ4n) is 2.41. The van der Waals surface area contributed by atoms with Gasteiger partial charge in [0.1, 0.15) is 0 Å². The smallest absolute Gasteiger partial charge is 0.288 e. The number of nitrogens with zero attached hydrogens (tertiary/aromatic N) is 3. The molecular weight excluding hydrogens is 360 g/mol. The van der Waals surface area contributed by atoms with Crippen molar-refractivity contribution in [3.63, 3.8) is 0 Å². The Morgan fingerprint density at radius 1 is 1.40 bits per heavy atom. The van der Waals surface area contributed by atoms with E-state index >= 15 is 0 Å². The van der Waals surface area contributed by atoms with Gasteiger partial charge in [-0.1, -0.05) is 29.6 Å². The van der Waals surface area contributed by atoms with Crippen LogP contribution >= 0.6 is 23.5 Å². The average molecular weight is 376 g/mol. The van der Waals surface area contributed by atoms with Gasteiger partial charge in [0.05, 0.1) is 5.75 Å². The molecule has 1 N–H and O–H groups in total. The summed E-state index contributed by atoms with van der Waals surface area (Å²) in [6, 6.07) is 7.20. The molecule has 1 aromatic carbocycles. The van der Waals surface area contributed by atoms with Gasteiger partial charge in [-0.25, -0.2) is 4.98 Å². The van der Waals surface area contributed by atoms with Crippen LogP contribution in [0.1, 0.15) is 10.4 Å². The summed E-state index contributed by atoms with van der Waals surface area (Å²) in [7, 11) is 0. The predicted molar refractivity (Wildman–Crippen MR) is 97.2 cm³/mol. The number of nitrogens with one attached hydrogen (secondary N) is 1. The van der Waals surface area contributed by atoms with Gasteiger partial charge in [0, 0.05) is 36.7 Å². The van der Waals surface area contributed by atoms with Crippen molar-refractivity contribution in [3.05, 3.63) is 42.2 Å². The van der Waals surface area contributed by atoms with E-state index in [1.807, 2.05) is 23.1 Å². The van der Waals surface area contributed by atoms with Gasteiger partial charge < -0.3 is 5.32 Å². The number of amides is 3. The number of carbonyl (C=O) groups excluding carboxylic acids is 3. The molecule has 0 radical (unpaired) electrons. The molecule has 1 aliphatic heterocycles. The van der Waals surface area contributed by atoms with Crippen molar-refractivity contribution in [1.29, 1.82) is 0 Å². The third-order valence-electron chi connectivity index (χ3n) is 3.64. The van der Waals surface area contributed by atoms with E-state index in [-0.39, 0.29) is 35.9 Å². The van der Waals surface area contributed by atoms with Crippen molar-refractivity contribution >= 4 is 40.6 Å². The lowest BCUT2D eigenvalue weighted by Crippen LogP contribution is -2.37. The lowest BCUT2D eigenvalue weighted by atomic mass is 10.2. The molecule has 1 fully saturated rings. The number of hydrogen-bond donors (Lipinski definition) is 1. The molecule has 2 aromatic rings. The minimum Gasteiger partial charge on any atom is -0.350 e. The number of imide groups is 1. The molecular formula is C16H16N4O3S2. The van der Waals surface area contributed by atoms with Gasteiger partial charge in [-0.05, 0) is 24.5 Å². The largest absolute Gasteiger partial charge is 0.350 e. The zero-order valence-corrected chi connectivity index (χ0v) is 15.1. The Balaban J connectivity index is 1.64. The molecule has 0 saturated carbocycles. The number of benzene rings is 1. The summed E-state index contributed by atoms with van der Waals surface area (Å²) in [5.74, 6) is -0.285. The average Bonchev–Trinajstić information content (AvgIpc) is 3.23. The van der Waals surface area contributed by atoms with Gasteiger partial charge in [0.2, 0.25) is 5.91 Å². The third kappa shape index (κ3) is 3.88. The normalized spacial score (nSPS) is 14.2. The SMILES string of the molecule is CSc1nccn1-c1cccc(C(=O)NCCN2C(=O)CSC2=O)c1. The molecule has 2 heterocycles. The molecule has 1 aromatic heterocycles. The van der Waals surface area contributed by atoms with E-state index in [0.29, 0.717) is 5.56 Å². The summed E-state index contributed by atoms with van der Waals surface area (Å²) in [5.41, 5.74) is 1.35. The third-order valence-corrected chi connectivity index (χ3v) is 5.16. The van der Waals surface area contributed by atoms with Crippen molar-refractivity contribution in [3.8, 4) is 5.69 Å². The molecule has 1 saturated heterocycles. The van der Waals surface area contributed by atoms with Crippen LogP contribution in [0.2, 0.25) is 0 Å². The first-order chi connectivity index (χ1) is 12.1. The number of thioether (sulfide) groups is 2. The number of aromatic nitrogens is 2. The van der Waals surface area contributed by atoms with Crippen LogP contribution in [0.15, 0.2) is 41.8 Å².